The van der Waals surface area contributed by atoms with Crippen LogP contribution in [0.4, 0.5) is 0 Å². The van der Waals surface area contributed by atoms with Crippen molar-refractivity contribution in [1.82, 2.24) is 4.90 Å². The Morgan fingerprint density at radius 3 is 2.59 bits per heavy atom. The van der Waals surface area contributed by atoms with Crippen LogP contribution in [-0.4, -0.2) is 36.4 Å². The molecule has 1 heterocycles. The number of rotatable bonds is 3. The van der Waals surface area contributed by atoms with Gasteiger partial charge in [0.1, 0.15) is 5.78 Å². The lowest BCUT2D eigenvalue weighted by atomic mass is 9.80. The Balaban J connectivity index is 1.76. The van der Waals surface area contributed by atoms with E-state index >= 15 is 0 Å². The molecule has 2 unspecified atom stereocenters. The number of nitrogens with zero attached hydrogens (tertiary/aromatic N) is 1. The third kappa shape index (κ3) is 3.78. The van der Waals surface area contributed by atoms with Crippen molar-refractivity contribution in [3.05, 3.63) is 0 Å². The number of likely N-dealkylation sites (tertiary alicyclic amines) is 1. The van der Waals surface area contributed by atoms with Gasteiger partial charge in [-0.1, -0.05) is 19.8 Å². The number of hydrogen-bond acceptors (Lipinski definition) is 3. The first-order chi connectivity index (χ1) is 8.15. The van der Waals surface area contributed by atoms with Crippen molar-refractivity contribution in [2.75, 3.05) is 19.6 Å². The van der Waals surface area contributed by atoms with Gasteiger partial charge >= 0.3 is 0 Å². The van der Waals surface area contributed by atoms with Crippen LogP contribution in [0.2, 0.25) is 0 Å². The molecule has 1 aliphatic heterocycles. The Hall–Kier alpha value is -0.410. The van der Waals surface area contributed by atoms with Gasteiger partial charge in [-0.3, -0.25) is 9.69 Å². The van der Waals surface area contributed by atoms with E-state index in [-0.39, 0.29) is 0 Å². The number of carbonyl (C=O) groups is 1. The molecule has 98 valence electrons. The molecule has 2 aliphatic rings. The van der Waals surface area contributed by atoms with Crippen LogP contribution in [-0.2, 0) is 4.79 Å². The molecule has 0 bridgehead atoms. The summed E-state index contributed by atoms with van der Waals surface area (Å²) in [5, 5.41) is 0. The number of carbonyl (C=O) groups excluding carboxylic acids is 1. The lowest BCUT2D eigenvalue weighted by Crippen LogP contribution is -2.43. The van der Waals surface area contributed by atoms with Crippen LogP contribution in [0.15, 0.2) is 0 Å². The highest BCUT2D eigenvalue weighted by atomic mass is 16.1. The van der Waals surface area contributed by atoms with Crippen molar-refractivity contribution in [3.63, 3.8) is 0 Å². The Labute approximate surface area is 105 Å². The monoisotopic (exact) mass is 238 g/mol. The van der Waals surface area contributed by atoms with Gasteiger partial charge in [-0.25, -0.2) is 0 Å². The first-order valence-electron chi connectivity index (χ1n) is 7.16. The Morgan fingerprint density at radius 1 is 1.24 bits per heavy atom. The van der Waals surface area contributed by atoms with Crippen molar-refractivity contribution in [2.45, 2.75) is 51.5 Å². The average molecular weight is 238 g/mol. The fourth-order valence-electron chi connectivity index (χ4n) is 3.19. The minimum absolute atomic E-state index is 0.342. The zero-order chi connectivity index (χ0) is 12.3. The summed E-state index contributed by atoms with van der Waals surface area (Å²) in [6, 6.07) is 0.357. The molecule has 17 heavy (non-hydrogen) atoms. The van der Waals surface area contributed by atoms with Gasteiger partial charge in [-0.2, -0.15) is 0 Å². The molecular formula is C14H26N2O. The Bertz CT molecular complexity index is 259. The van der Waals surface area contributed by atoms with E-state index in [0.717, 1.165) is 44.7 Å². The summed E-state index contributed by atoms with van der Waals surface area (Å²) < 4.78 is 0. The molecule has 0 aromatic heterocycles. The Kier molecular flexibility index (Phi) is 4.57. The summed E-state index contributed by atoms with van der Waals surface area (Å²) >= 11 is 0. The third-order valence-electron chi connectivity index (χ3n) is 4.40. The van der Waals surface area contributed by atoms with E-state index in [2.05, 4.69) is 11.8 Å². The maximum absolute atomic E-state index is 12.2. The fourth-order valence-corrected chi connectivity index (χ4v) is 3.19. The number of piperidine rings is 1. The maximum atomic E-state index is 12.2. The van der Waals surface area contributed by atoms with E-state index in [1.54, 1.807) is 0 Å². The van der Waals surface area contributed by atoms with Crippen molar-refractivity contribution >= 4 is 5.78 Å². The predicted molar refractivity (Wildman–Crippen MR) is 69.8 cm³/mol. The second kappa shape index (κ2) is 5.96. The minimum Gasteiger partial charge on any atom is -0.328 e. The second-order valence-electron chi connectivity index (χ2n) is 6.05. The van der Waals surface area contributed by atoms with E-state index in [1.165, 1.54) is 12.8 Å². The molecule has 1 saturated heterocycles. The molecule has 2 fully saturated rings. The summed E-state index contributed by atoms with van der Waals surface area (Å²) in [6.45, 7) is 4.97. The Morgan fingerprint density at radius 2 is 1.94 bits per heavy atom. The topological polar surface area (TPSA) is 46.3 Å². The number of ketones is 1. The maximum Gasteiger partial charge on any atom is 0.149 e. The summed E-state index contributed by atoms with van der Waals surface area (Å²) in [5.41, 5.74) is 5.88. The zero-order valence-electron chi connectivity index (χ0n) is 11.0. The van der Waals surface area contributed by atoms with Gasteiger partial charge in [0.25, 0.3) is 0 Å². The normalized spacial score (nSPS) is 32.6. The molecular weight excluding hydrogens is 212 g/mol. The SMILES string of the molecule is CC1CCCC(C(=O)CN2CCC(N)CC2)C1. The summed E-state index contributed by atoms with van der Waals surface area (Å²) in [5.74, 6) is 1.56. The van der Waals surface area contributed by atoms with Crippen molar-refractivity contribution < 1.29 is 4.79 Å². The lowest BCUT2D eigenvalue weighted by Gasteiger charge is -2.32. The van der Waals surface area contributed by atoms with Crippen molar-refractivity contribution in [2.24, 2.45) is 17.6 Å². The van der Waals surface area contributed by atoms with Crippen LogP contribution in [0.3, 0.4) is 0 Å². The summed E-state index contributed by atoms with van der Waals surface area (Å²) in [4.78, 5) is 14.5. The van der Waals surface area contributed by atoms with Gasteiger partial charge in [0, 0.05) is 25.0 Å². The number of hydrogen-bond donors (Lipinski definition) is 1. The summed E-state index contributed by atoms with van der Waals surface area (Å²) in [6.07, 6.45) is 6.89. The summed E-state index contributed by atoms with van der Waals surface area (Å²) in [7, 11) is 0. The average Bonchev–Trinajstić information content (AvgIpc) is 2.32. The molecule has 0 aromatic carbocycles. The highest BCUT2D eigenvalue weighted by Gasteiger charge is 2.27. The highest BCUT2D eigenvalue weighted by Crippen LogP contribution is 2.29. The molecule has 3 heteroatoms. The number of Topliss-reactive ketones (excluding diaryl/α,β-unsaturated/α-hetero) is 1. The van der Waals surface area contributed by atoms with Crippen LogP contribution in [0, 0.1) is 11.8 Å². The molecule has 0 amide bonds. The van der Waals surface area contributed by atoms with Crippen LogP contribution in [0.25, 0.3) is 0 Å². The molecule has 0 spiro atoms. The van der Waals surface area contributed by atoms with Gasteiger partial charge in [0.2, 0.25) is 0 Å². The van der Waals surface area contributed by atoms with Gasteiger partial charge in [0.05, 0.1) is 6.54 Å². The standard InChI is InChI=1S/C14H26N2O/c1-11-3-2-4-12(9-11)14(17)10-16-7-5-13(15)6-8-16/h11-13H,2-10,15H2,1H3. The largest absolute Gasteiger partial charge is 0.328 e. The molecule has 3 nitrogen and oxygen atoms in total. The molecule has 1 saturated carbocycles. The van der Waals surface area contributed by atoms with Gasteiger partial charge in [-0.15, -0.1) is 0 Å². The first kappa shape index (κ1) is 13.0. The molecule has 2 atom stereocenters. The van der Waals surface area contributed by atoms with Crippen molar-refractivity contribution in [3.8, 4) is 0 Å². The molecule has 2 rings (SSSR count). The van der Waals surface area contributed by atoms with E-state index in [9.17, 15) is 4.79 Å². The van der Waals surface area contributed by atoms with Crippen LogP contribution in [0.5, 0.6) is 0 Å². The van der Waals surface area contributed by atoms with E-state index in [4.69, 9.17) is 5.73 Å². The second-order valence-corrected chi connectivity index (χ2v) is 6.05. The van der Waals surface area contributed by atoms with Crippen LogP contribution in [0.1, 0.15) is 45.4 Å². The highest BCUT2D eigenvalue weighted by molar-refractivity contribution is 5.83. The van der Waals surface area contributed by atoms with Crippen LogP contribution < -0.4 is 5.73 Å². The van der Waals surface area contributed by atoms with Crippen molar-refractivity contribution in [1.29, 1.82) is 0 Å². The molecule has 1 aliphatic carbocycles. The van der Waals surface area contributed by atoms with Gasteiger partial charge in [0.15, 0.2) is 0 Å². The van der Waals surface area contributed by atoms with E-state index in [1.807, 2.05) is 0 Å². The van der Waals surface area contributed by atoms with Crippen LogP contribution >= 0.6 is 0 Å². The smallest absolute Gasteiger partial charge is 0.149 e. The number of nitrogens with two attached hydrogens (primary N) is 1. The lowest BCUT2D eigenvalue weighted by molar-refractivity contribution is -0.125. The first-order valence-corrected chi connectivity index (χ1v) is 7.16. The fraction of sp³-hybridized carbons (Fsp3) is 0.929. The molecule has 0 radical (unpaired) electrons. The van der Waals surface area contributed by atoms with Gasteiger partial charge < -0.3 is 5.73 Å². The third-order valence-corrected chi connectivity index (χ3v) is 4.40. The zero-order valence-corrected chi connectivity index (χ0v) is 11.0. The quantitative estimate of drug-likeness (QED) is 0.815. The molecule has 2 N–H and O–H groups in total. The minimum atomic E-state index is 0.342. The molecule has 0 aromatic rings. The van der Waals surface area contributed by atoms with E-state index in [0.29, 0.717) is 24.3 Å². The van der Waals surface area contributed by atoms with E-state index < -0.39 is 0 Å². The van der Waals surface area contributed by atoms with Gasteiger partial charge in [-0.05, 0) is 31.6 Å². The predicted octanol–water partition coefficient (Wildman–Crippen LogP) is 1.80.